The third kappa shape index (κ3) is 4.34. The summed E-state index contributed by atoms with van der Waals surface area (Å²) in [6, 6.07) is 10.5. The van der Waals surface area contributed by atoms with Crippen LogP contribution in [0.4, 0.5) is 36.6 Å². The number of benzene rings is 2. The fraction of sp³-hybridized carbons (Fsp3) is 0.308. The molecule has 0 bridgehead atoms. The molecule has 1 saturated heterocycles. The fourth-order valence-corrected chi connectivity index (χ4v) is 4.80. The zero-order valence-corrected chi connectivity index (χ0v) is 20.7. The van der Waals surface area contributed by atoms with Crippen molar-refractivity contribution in [3.05, 3.63) is 76.6 Å². The van der Waals surface area contributed by atoms with Crippen molar-refractivity contribution in [2.45, 2.75) is 36.6 Å². The average molecular weight is 574 g/mol. The van der Waals surface area contributed by atoms with Gasteiger partial charge in [-0.1, -0.05) is 53.6 Å². The number of terminal acetylenes is 1. The third-order valence-electron chi connectivity index (χ3n) is 6.94. The van der Waals surface area contributed by atoms with E-state index in [0.717, 1.165) is 27.8 Å². The van der Waals surface area contributed by atoms with E-state index in [1.54, 1.807) is 0 Å². The summed E-state index contributed by atoms with van der Waals surface area (Å²) in [6.07, 6.45) is 0.158. The lowest BCUT2D eigenvalue weighted by Gasteiger charge is -2.21. The molecule has 0 radical (unpaired) electrons. The standard InChI is InChI=1S/C26H17F7N8/c1-2-15-7-6-10-18(25(37-38-25)26(31,32)33)17(15)13-41-21-19(36-39-41)20(40-12-11-23(27,28)14-40)34-22(35-21)24(29,30)16-8-4-3-5-9-16/h1,3-10H,11-14H2. The maximum atomic E-state index is 15.7. The highest BCUT2D eigenvalue weighted by Gasteiger charge is 2.66. The zero-order chi connectivity index (χ0) is 29.2. The Kier molecular flexibility index (Phi) is 5.81. The van der Waals surface area contributed by atoms with Gasteiger partial charge in [0.1, 0.15) is 0 Å². The molecule has 2 aliphatic rings. The molecule has 210 valence electrons. The predicted octanol–water partition coefficient (Wildman–Crippen LogP) is 5.42. The lowest BCUT2D eigenvalue weighted by atomic mass is 9.93. The molecule has 1 fully saturated rings. The largest absolute Gasteiger partial charge is 0.442 e. The van der Waals surface area contributed by atoms with E-state index >= 15 is 8.78 Å². The van der Waals surface area contributed by atoms with Crippen molar-refractivity contribution in [1.82, 2.24) is 25.0 Å². The smallest absolute Gasteiger partial charge is 0.348 e. The van der Waals surface area contributed by atoms with E-state index in [9.17, 15) is 22.0 Å². The van der Waals surface area contributed by atoms with Crippen molar-refractivity contribution in [2.24, 2.45) is 10.2 Å². The lowest BCUT2D eigenvalue weighted by Crippen LogP contribution is -2.32. The van der Waals surface area contributed by atoms with Gasteiger partial charge in [-0.3, -0.25) is 0 Å². The zero-order valence-electron chi connectivity index (χ0n) is 20.7. The van der Waals surface area contributed by atoms with Crippen molar-refractivity contribution in [3.63, 3.8) is 0 Å². The number of hydrogen-bond acceptors (Lipinski definition) is 7. The fourth-order valence-electron chi connectivity index (χ4n) is 4.80. The highest BCUT2D eigenvalue weighted by molar-refractivity contribution is 5.83. The number of fused-ring (bicyclic) bond motifs is 1. The van der Waals surface area contributed by atoms with Crippen molar-refractivity contribution >= 4 is 17.0 Å². The van der Waals surface area contributed by atoms with Crippen LogP contribution in [0.5, 0.6) is 0 Å². The first-order chi connectivity index (χ1) is 19.4. The molecule has 2 aliphatic heterocycles. The number of halogens is 7. The maximum Gasteiger partial charge on any atom is 0.442 e. The number of aromatic nitrogens is 5. The summed E-state index contributed by atoms with van der Waals surface area (Å²) < 4.78 is 102. The quantitative estimate of drug-likeness (QED) is 0.227. The van der Waals surface area contributed by atoms with Crippen molar-refractivity contribution in [3.8, 4) is 12.3 Å². The van der Waals surface area contributed by atoms with E-state index in [0.29, 0.717) is 0 Å². The Morgan fingerprint density at radius 1 is 0.951 bits per heavy atom. The number of nitrogens with zero attached hydrogens (tertiary/aromatic N) is 8. The van der Waals surface area contributed by atoms with Crippen molar-refractivity contribution in [1.29, 1.82) is 0 Å². The lowest BCUT2D eigenvalue weighted by molar-refractivity contribution is -0.166. The minimum Gasteiger partial charge on any atom is -0.348 e. The number of anilines is 1. The summed E-state index contributed by atoms with van der Waals surface area (Å²) in [5.41, 5.74) is -4.16. The van der Waals surface area contributed by atoms with E-state index in [2.05, 4.69) is 36.4 Å². The Morgan fingerprint density at radius 3 is 2.29 bits per heavy atom. The highest BCUT2D eigenvalue weighted by Crippen LogP contribution is 2.53. The number of rotatable bonds is 6. The van der Waals surface area contributed by atoms with E-state index in [-0.39, 0.29) is 40.2 Å². The van der Waals surface area contributed by atoms with Crippen LogP contribution in [0.1, 0.15) is 34.5 Å². The van der Waals surface area contributed by atoms with Gasteiger partial charge in [0.25, 0.3) is 5.92 Å². The van der Waals surface area contributed by atoms with E-state index in [1.165, 1.54) is 30.3 Å². The molecule has 0 aliphatic carbocycles. The van der Waals surface area contributed by atoms with Gasteiger partial charge in [-0.2, -0.15) is 22.0 Å². The summed E-state index contributed by atoms with van der Waals surface area (Å²) in [5, 5.41) is 14.4. The Bertz CT molecular complexity index is 1720. The Balaban J connectivity index is 1.52. The van der Waals surface area contributed by atoms with Gasteiger partial charge in [0.05, 0.1) is 13.1 Å². The average Bonchev–Trinajstić information content (AvgIpc) is 3.55. The summed E-state index contributed by atoms with van der Waals surface area (Å²) in [7, 11) is 0. The second-order valence-corrected chi connectivity index (χ2v) is 9.60. The Hall–Kier alpha value is -4.61. The van der Waals surface area contributed by atoms with Crippen LogP contribution in [-0.4, -0.2) is 50.2 Å². The molecule has 0 spiro atoms. The molecule has 0 N–H and O–H groups in total. The van der Waals surface area contributed by atoms with E-state index < -0.39 is 54.6 Å². The SMILES string of the molecule is C#Cc1cccc(C2(C(F)(F)F)N=N2)c1Cn1nnc2c(N3CCC(F)(F)C3)nc(C(F)(F)c3ccccc3)nc21. The van der Waals surface area contributed by atoms with Crippen LogP contribution < -0.4 is 4.90 Å². The summed E-state index contributed by atoms with van der Waals surface area (Å²) in [4.78, 5) is 9.06. The molecule has 4 aromatic rings. The van der Waals surface area contributed by atoms with Crippen LogP contribution in [0, 0.1) is 12.3 Å². The van der Waals surface area contributed by atoms with Gasteiger partial charge in [0.15, 0.2) is 17.0 Å². The van der Waals surface area contributed by atoms with Crippen LogP contribution in [0.2, 0.25) is 0 Å². The minimum absolute atomic E-state index is 0.0513. The first-order valence-electron chi connectivity index (χ1n) is 12.1. The molecule has 41 heavy (non-hydrogen) atoms. The van der Waals surface area contributed by atoms with Gasteiger partial charge < -0.3 is 4.90 Å². The summed E-state index contributed by atoms with van der Waals surface area (Å²) in [5.74, 6) is -5.87. The maximum absolute atomic E-state index is 15.7. The molecule has 2 aromatic carbocycles. The first-order valence-corrected chi connectivity index (χ1v) is 12.1. The highest BCUT2D eigenvalue weighted by atomic mass is 19.4. The van der Waals surface area contributed by atoms with Gasteiger partial charge in [0.2, 0.25) is 5.82 Å². The summed E-state index contributed by atoms with van der Waals surface area (Å²) >= 11 is 0. The molecule has 4 heterocycles. The van der Waals surface area contributed by atoms with Crippen molar-refractivity contribution in [2.75, 3.05) is 18.0 Å². The molecule has 15 heteroatoms. The topological polar surface area (TPSA) is 84.5 Å². The predicted molar refractivity (Wildman–Crippen MR) is 130 cm³/mol. The molecule has 0 amide bonds. The van der Waals surface area contributed by atoms with Gasteiger partial charge in [-0.05, 0) is 11.6 Å². The van der Waals surface area contributed by atoms with Crippen molar-refractivity contribution < 1.29 is 30.7 Å². The molecule has 0 atom stereocenters. The Morgan fingerprint density at radius 2 is 1.68 bits per heavy atom. The molecule has 8 nitrogen and oxygen atoms in total. The van der Waals surface area contributed by atoms with Crippen LogP contribution in [0.3, 0.4) is 0 Å². The van der Waals surface area contributed by atoms with E-state index in [1.807, 2.05) is 0 Å². The van der Waals surface area contributed by atoms with Crippen LogP contribution >= 0.6 is 0 Å². The second kappa shape index (κ2) is 8.95. The third-order valence-corrected chi connectivity index (χ3v) is 6.94. The monoisotopic (exact) mass is 574 g/mol. The second-order valence-electron chi connectivity index (χ2n) is 9.60. The molecular weight excluding hydrogens is 557 g/mol. The molecule has 6 rings (SSSR count). The number of hydrogen-bond donors (Lipinski definition) is 0. The minimum atomic E-state index is -4.87. The molecule has 0 unspecified atom stereocenters. The number of alkyl halides is 7. The van der Waals surface area contributed by atoms with Crippen LogP contribution in [0.15, 0.2) is 58.8 Å². The Labute approximate surface area is 226 Å². The molecular formula is C26H17F7N8. The molecule has 2 aromatic heterocycles. The van der Waals surface area contributed by atoms with Crippen LogP contribution in [-0.2, 0) is 18.1 Å². The molecule has 0 saturated carbocycles. The summed E-state index contributed by atoms with van der Waals surface area (Å²) in [6.45, 7) is -1.49. The van der Waals surface area contributed by atoms with Gasteiger partial charge >= 0.3 is 17.8 Å². The normalized spacial score (nSPS) is 17.7. The van der Waals surface area contributed by atoms with E-state index in [4.69, 9.17) is 6.42 Å². The van der Waals surface area contributed by atoms with Gasteiger partial charge in [0, 0.05) is 29.7 Å². The van der Waals surface area contributed by atoms with Gasteiger partial charge in [-0.25, -0.2) is 23.4 Å². The van der Waals surface area contributed by atoms with Crippen LogP contribution in [0.25, 0.3) is 11.2 Å². The first kappa shape index (κ1) is 26.6. The van der Waals surface area contributed by atoms with Gasteiger partial charge in [-0.15, -0.1) is 21.8 Å².